The van der Waals surface area contributed by atoms with Crippen molar-refractivity contribution in [2.45, 2.75) is 31.7 Å². The van der Waals surface area contributed by atoms with Gasteiger partial charge in [-0.15, -0.1) is 0 Å². The van der Waals surface area contributed by atoms with Crippen LogP contribution in [0.2, 0.25) is 10.0 Å². The molecule has 1 N–H and O–H groups in total. The van der Waals surface area contributed by atoms with E-state index in [1.54, 1.807) is 0 Å². The maximum atomic E-state index is 9.00. The zero-order valence-electron chi connectivity index (χ0n) is 9.87. The number of aryl methyl sites for hydroxylation is 1. The highest BCUT2D eigenvalue weighted by molar-refractivity contribution is 6.42. The van der Waals surface area contributed by atoms with Crippen LogP contribution in [0.4, 0.5) is 0 Å². The van der Waals surface area contributed by atoms with Gasteiger partial charge in [0, 0.05) is 19.1 Å². The SMILES string of the molecule is OCCCn1c(C2CC2)nc2cc(Cl)c(Cl)cc21. The third kappa shape index (κ3) is 2.11. The van der Waals surface area contributed by atoms with Gasteiger partial charge in [-0.3, -0.25) is 0 Å². The van der Waals surface area contributed by atoms with Gasteiger partial charge < -0.3 is 9.67 Å². The maximum Gasteiger partial charge on any atom is 0.112 e. The molecule has 3 nitrogen and oxygen atoms in total. The molecule has 1 aliphatic rings. The second-order valence-electron chi connectivity index (χ2n) is 4.73. The summed E-state index contributed by atoms with van der Waals surface area (Å²) in [6.07, 6.45) is 3.12. The van der Waals surface area contributed by atoms with Gasteiger partial charge in [0.15, 0.2) is 0 Å². The van der Waals surface area contributed by atoms with Crippen LogP contribution in [0.5, 0.6) is 0 Å². The molecule has 1 heterocycles. The molecular formula is C13H14Cl2N2O. The van der Waals surface area contributed by atoms with Gasteiger partial charge in [-0.25, -0.2) is 4.98 Å². The average molecular weight is 285 g/mol. The molecule has 0 spiro atoms. The molecule has 0 atom stereocenters. The molecule has 1 aromatic carbocycles. The quantitative estimate of drug-likeness (QED) is 0.932. The first kappa shape index (κ1) is 12.3. The van der Waals surface area contributed by atoms with Crippen LogP contribution in [0, 0.1) is 0 Å². The molecule has 2 aromatic rings. The molecule has 3 rings (SSSR count). The summed E-state index contributed by atoms with van der Waals surface area (Å²) in [7, 11) is 0. The molecule has 0 aliphatic heterocycles. The fourth-order valence-corrected chi connectivity index (χ4v) is 2.57. The molecule has 1 aliphatic carbocycles. The Hall–Kier alpha value is -0.770. The topological polar surface area (TPSA) is 38.0 Å². The van der Waals surface area contributed by atoms with Crippen molar-refractivity contribution in [1.82, 2.24) is 9.55 Å². The van der Waals surface area contributed by atoms with Crippen LogP contribution in [-0.2, 0) is 6.54 Å². The number of aliphatic hydroxyl groups excluding tert-OH is 1. The van der Waals surface area contributed by atoms with E-state index in [4.69, 9.17) is 28.3 Å². The Bertz CT molecular complexity index is 590. The Balaban J connectivity index is 2.14. The fourth-order valence-electron chi connectivity index (χ4n) is 2.26. The van der Waals surface area contributed by atoms with E-state index in [2.05, 4.69) is 9.55 Å². The van der Waals surface area contributed by atoms with Gasteiger partial charge in [-0.1, -0.05) is 23.2 Å². The van der Waals surface area contributed by atoms with Crippen molar-refractivity contribution in [3.05, 3.63) is 28.0 Å². The van der Waals surface area contributed by atoms with Crippen LogP contribution < -0.4 is 0 Å². The highest BCUT2D eigenvalue weighted by atomic mass is 35.5. The predicted octanol–water partition coefficient (Wildman–Crippen LogP) is 3.60. The first-order valence-corrected chi connectivity index (χ1v) is 6.92. The van der Waals surface area contributed by atoms with Gasteiger partial charge in [0.05, 0.1) is 21.1 Å². The van der Waals surface area contributed by atoms with E-state index in [0.717, 1.165) is 29.8 Å². The predicted molar refractivity (Wildman–Crippen MR) is 73.4 cm³/mol. The van der Waals surface area contributed by atoms with E-state index < -0.39 is 0 Å². The Morgan fingerprint density at radius 2 is 2.00 bits per heavy atom. The Kier molecular flexibility index (Phi) is 3.22. The number of benzene rings is 1. The summed E-state index contributed by atoms with van der Waals surface area (Å²) in [4.78, 5) is 4.67. The molecule has 1 fully saturated rings. The first-order chi connectivity index (χ1) is 8.70. The fraction of sp³-hybridized carbons (Fsp3) is 0.462. The minimum absolute atomic E-state index is 0.186. The first-order valence-electron chi connectivity index (χ1n) is 6.16. The molecule has 0 saturated heterocycles. The van der Waals surface area contributed by atoms with Gasteiger partial charge in [0.25, 0.3) is 0 Å². The molecule has 96 valence electrons. The van der Waals surface area contributed by atoms with Crippen LogP contribution in [0.3, 0.4) is 0 Å². The van der Waals surface area contributed by atoms with Crippen LogP contribution in [-0.4, -0.2) is 21.3 Å². The number of aromatic nitrogens is 2. The van der Waals surface area contributed by atoms with Crippen molar-refractivity contribution in [2.24, 2.45) is 0 Å². The number of hydrogen-bond donors (Lipinski definition) is 1. The summed E-state index contributed by atoms with van der Waals surface area (Å²) in [5, 5.41) is 10.1. The molecule has 1 aromatic heterocycles. The second-order valence-corrected chi connectivity index (χ2v) is 5.54. The second kappa shape index (κ2) is 4.72. The number of fused-ring (bicyclic) bond motifs is 1. The zero-order chi connectivity index (χ0) is 12.7. The van der Waals surface area contributed by atoms with Crippen molar-refractivity contribution >= 4 is 34.2 Å². The smallest absolute Gasteiger partial charge is 0.112 e. The lowest BCUT2D eigenvalue weighted by Crippen LogP contribution is -2.04. The average Bonchev–Trinajstić information content (AvgIpc) is 3.13. The van der Waals surface area contributed by atoms with Crippen LogP contribution in [0.25, 0.3) is 11.0 Å². The Labute approximate surface area is 115 Å². The summed E-state index contributed by atoms with van der Waals surface area (Å²) in [6, 6.07) is 3.69. The Morgan fingerprint density at radius 3 is 2.67 bits per heavy atom. The molecule has 0 bridgehead atoms. The van der Waals surface area contributed by atoms with Gasteiger partial charge >= 0.3 is 0 Å². The standard InChI is InChI=1S/C13H14Cl2N2O/c14-9-6-11-12(7-10(9)15)17(4-1-5-18)13(16-11)8-2-3-8/h6-8,18H,1-5H2. The van der Waals surface area contributed by atoms with Gasteiger partial charge in [-0.2, -0.15) is 0 Å². The number of rotatable bonds is 4. The third-order valence-electron chi connectivity index (χ3n) is 3.30. The van der Waals surface area contributed by atoms with E-state index in [0.29, 0.717) is 16.0 Å². The summed E-state index contributed by atoms with van der Waals surface area (Å²) in [5.41, 5.74) is 1.91. The van der Waals surface area contributed by atoms with Gasteiger partial charge in [-0.05, 0) is 31.4 Å². The van der Waals surface area contributed by atoms with Crippen molar-refractivity contribution < 1.29 is 5.11 Å². The highest BCUT2D eigenvalue weighted by Crippen LogP contribution is 2.41. The largest absolute Gasteiger partial charge is 0.396 e. The van der Waals surface area contributed by atoms with Crippen LogP contribution >= 0.6 is 23.2 Å². The molecule has 18 heavy (non-hydrogen) atoms. The minimum atomic E-state index is 0.186. The van der Waals surface area contributed by atoms with E-state index in [1.165, 1.54) is 12.8 Å². The summed E-state index contributed by atoms with van der Waals surface area (Å²) < 4.78 is 2.17. The molecule has 0 unspecified atom stereocenters. The number of aliphatic hydroxyl groups is 1. The summed E-state index contributed by atoms with van der Waals surface area (Å²) in [5.74, 6) is 1.67. The van der Waals surface area contributed by atoms with Crippen molar-refractivity contribution in [3.8, 4) is 0 Å². The lowest BCUT2D eigenvalue weighted by atomic mass is 10.3. The summed E-state index contributed by atoms with van der Waals surface area (Å²) >= 11 is 12.1. The molecule has 5 heteroatoms. The van der Waals surface area contributed by atoms with Crippen LogP contribution in [0.1, 0.15) is 31.0 Å². The monoisotopic (exact) mass is 284 g/mol. The van der Waals surface area contributed by atoms with E-state index in [-0.39, 0.29) is 6.61 Å². The van der Waals surface area contributed by atoms with Crippen LogP contribution in [0.15, 0.2) is 12.1 Å². The van der Waals surface area contributed by atoms with E-state index in [1.807, 2.05) is 12.1 Å². The molecular weight excluding hydrogens is 271 g/mol. The van der Waals surface area contributed by atoms with E-state index >= 15 is 0 Å². The van der Waals surface area contributed by atoms with Gasteiger partial charge in [0.2, 0.25) is 0 Å². The Morgan fingerprint density at radius 1 is 1.28 bits per heavy atom. The number of hydrogen-bond acceptors (Lipinski definition) is 2. The van der Waals surface area contributed by atoms with E-state index in [9.17, 15) is 0 Å². The van der Waals surface area contributed by atoms with Crippen molar-refractivity contribution in [3.63, 3.8) is 0 Å². The summed E-state index contributed by atoms with van der Waals surface area (Å²) in [6.45, 7) is 0.960. The minimum Gasteiger partial charge on any atom is -0.396 e. The number of nitrogens with zero attached hydrogens (tertiary/aromatic N) is 2. The number of imidazole rings is 1. The number of halogens is 2. The van der Waals surface area contributed by atoms with Crippen molar-refractivity contribution in [2.75, 3.05) is 6.61 Å². The zero-order valence-corrected chi connectivity index (χ0v) is 11.4. The molecule has 0 amide bonds. The molecule has 1 saturated carbocycles. The van der Waals surface area contributed by atoms with Gasteiger partial charge in [0.1, 0.15) is 5.82 Å². The van der Waals surface area contributed by atoms with Crippen molar-refractivity contribution in [1.29, 1.82) is 0 Å². The lowest BCUT2D eigenvalue weighted by molar-refractivity contribution is 0.280. The lowest BCUT2D eigenvalue weighted by Gasteiger charge is -2.07. The normalized spacial score (nSPS) is 15.5. The maximum absolute atomic E-state index is 9.00. The third-order valence-corrected chi connectivity index (χ3v) is 4.02. The highest BCUT2D eigenvalue weighted by Gasteiger charge is 2.29. The molecule has 0 radical (unpaired) electrons.